The summed E-state index contributed by atoms with van der Waals surface area (Å²) in [4.78, 5) is 10.8. The van der Waals surface area contributed by atoms with Crippen LogP contribution in [-0.4, -0.2) is 30.3 Å². The lowest BCUT2D eigenvalue weighted by molar-refractivity contribution is -0.139. The minimum Gasteiger partial charge on any atom is -0.490 e. The van der Waals surface area contributed by atoms with Crippen molar-refractivity contribution in [3.8, 4) is 11.5 Å². The van der Waals surface area contributed by atoms with Crippen LogP contribution in [0.1, 0.15) is 54.8 Å². The minimum atomic E-state index is -0.982. The zero-order valence-electron chi connectivity index (χ0n) is 21.1. The largest absolute Gasteiger partial charge is 0.490 e. The number of nitrogens with one attached hydrogen (secondary N) is 1. The molecule has 190 valence electrons. The number of carboxylic acids is 1. The van der Waals surface area contributed by atoms with Gasteiger partial charge in [-0.05, 0) is 65.9 Å². The van der Waals surface area contributed by atoms with Crippen LogP contribution in [0.5, 0.6) is 11.5 Å². The van der Waals surface area contributed by atoms with Gasteiger partial charge in [0.2, 0.25) is 0 Å². The topological polar surface area (TPSA) is 67.8 Å². The van der Waals surface area contributed by atoms with Crippen LogP contribution in [0.3, 0.4) is 0 Å². The maximum Gasteiger partial charge on any atom is 0.341 e. The summed E-state index contributed by atoms with van der Waals surface area (Å²) in [6.45, 7) is 2.75. The Bertz CT molecular complexity index is 1350. The van der Waals surface area contributed by atoms with Gasteiger partial charge in [-0.2, -0.15) is 0 Å². The Morgan fingerprint density at radius 2 is 1.76 bits per heavy atom. The van der Waals surface area contributed by atoms with Crippen LogP contribution in [0.25, 0.3) is 10.8 Å². The molecule has 0 aliphatic carbocycles. The molecule has 1 heterocycles. The maximum atomic E-state index is 10.8. The lowest BCUT2D eigenvalue weighted by Crippen LogP contribution is -2.31. The molecule has 0 fully saturated rings. The zero-order chi connectivity index (χ0) is 25.6. The van der Waals surface area contributed by atoms with Crippen molar-refractivity contribution in [2.24, 2.45) is 0 Å². The molecule has 0 spiro atoms. The summed E-state index contributed by atoms with van der Waals surface area (Å²) in [5, 5.41) is 15.2. The first-order chi connectivity index (χ1) is 18.1. The van der Waals surface area contributed by atoms with E-state index in [0.29, 0.717) is 5.75 Å². The predicted molar refractivity (Wildman–Crippen MR) is 146 cm³/mol. The summed E-state index contributed by atoms with van der Waals surface area (Å²) in [5.74, 6) is 0.732. The number of carbonyl (C=O) groups is 1. The molecule has 0 aromatic heterocycles. The SMILES string of the molecule is CCC(NCCC1CC(c2ccc(OCC(=O)O)cc2)c2ccccc2O1)c1cccc2ccccc12. The Kier molecular flexibility index (Phi) is 7.71. The molecule has 1 aliphatic rings. The standard InChI is InChI=1S/C32H33NO4/c1-2-30(27-12-7-9-22-8-3-4-10-26(22)27)33-19-18-25-20-29(28-11-5-6-13-31(28)37-25)23-14-16-24(17-15-23)36-21-32(34)35/h3-17,25,29-30,33H,2,18-21H2,1H3,(H,34,35). The van der Waals surface area contributed by atoms with Gasteiger partial charge in [-0.1, -0.05) is 79.7 Å². The van der Waals surface area contributed by atoms with E-state index in [4.69, 9.17) is 14.6 Å². The Morgan fingerprint density at radius 3 is 2.57 bits per heavy atom. The Labute approximate surface area is 218 Å². The second kappa shape index (κ2) is 11.5. The first-order valence-electron chi connectivity index (χ1n) is 13.0. The van der Waals surface area contributed by atoms with Gasteiger partial charge in [0.25, 0.3) is 0 Å². The van der Waals surface area contributed by atoms with Crippen LogP contribution < -0.4 is 14.8 Å². The van der Waals surface area contributed by atoms with E-state index in [2.05, 4.69) is 72.9 Å². The fourth-order valence-electron chi connectivity index (χ4n) is 5.37. The monoisotopic (exact) mass is 495 g/mol. The number of benzene rings is 4. The van der Waals surface area contributed by atoms with E-state index >= 15 is 0 Å². The molecule has 4 aromatic carbocycles. The smallest absolute Gasteiger partial charge is 0.341 e. The molecule has 0 radical (unpaired) electrons. The second-order valence-electron chi connectivity index (χ2n) is 9.59. The summed E-state index contributed by atoms with van der Waals surface area (Å²) in [6.07, 6.45) is 2.91. The van der Waals surface area contributed by atoms with Crippen molar-refractivity contribution in [2.45, 2.75) is 44.2 Å². The van der Waals surface area contributed by atoms with Crippen LogP contribution >= 0.6 is 0 Å². The minimum absolute atomic E-state index is 0.0976. The van der Waals surface area contributed by atoms with Crippen LogP contribution in [0.2, 0.25) is 0 Å². The molecule has 3 atom stereocenters. The van der Waals surface area contributed by atoms with Gasteiger partial charge >= 0.3 is 5.97 Å². The van der Waals surface area contributed by atoms with Crippen molar-refractivity contribution in [3.63, 3.8) is 0 Å². The highest BCUT2D eigenvalue weighted by atomic mass is 16.5. The van der Waals surface area contributed by atoms with E-state index in [1.165, 1.54) is 27.5 Å². The van der Waals surface area contributed by atoms with E-state index in [9.17, 15) is 4.79 Å². The lowest BCUT2D eigenvalue weighted by Gasteiger charge is -2.33. The molecule has 0 amide bonds. The van der Waals surface area contributed by atoms with Gasteiger partial charge in [0, 0.05) is 17.5 Å². The van der Waals surface area contributed by atoms with Crippen molar-refractivity contribution in [2.75, 3.05) is 13.2 Å². The van der Waals surface area contributed by atoms with E-state index < -0.39 is 5.97 Å². The second-order valence-corrected chi connectivity index (χ2v) is 9.59. The van der Waals surface area contributed by atoms with Gasteiger partial charge in [0.15, 0.2) is 6.61 Å². The maximum absolute atomic E-state index is 10.8. The van der Waals surface area contributed by atoms with Crippen LogP contribution in [0, 0.1) is 0 Å². The van der Waals surface area contributed by atoms with Crippen molar-refractivity contribution in [1.29, 1.82) is 0 Å². The third-order valence-electron chi connectivity index (χ3n) is 7.20. The van der Waals surface area contributed by atoms with Gasteiger partial charge in [0.05, 0.1) is 0 Å². The van der Waals surface area contributed by atoms with Crippen LogP contribution in [0.4, 0.5) is 0 Å². The summed E-state index contributed by atoms with van der Waals surface area (Å²) >= 11 is 0. The fraction of sp³-hybridized carbons (Fsp3) is 0.281. The molecular formula is C32H33NO4. The number of aliphatic carboxylic acids is 1. The Morgan fingerprint density at radius 1 is 1.00 bits per heavy atom. The third kappa shape index (κ3) is 5.78. The molecule has 5 nitrogen and oxygen atoms in total. The Balaban J connectivity index is 1.27. The number of carboxylic acid groups (broad SMARTS) is 1. The van der Waals surface area contributed by atoms with Gasteiger partial charge < -0.3 is 19.9 Å². The van der Waals surface area contributed by atoms with Gasteiger partial charge in [-0.3, -0.25) is 0 Å². The highest BCUT2D eigenvalue weighted by Gasteiger charge is 2.29. The molecule has 0 bridgehead atoms. The van der Waals surface area contributed by atoms with Crippen LogP contribution in [0.15, 0.2) is 91.0 Å². The third-order valence-corrected chi connectivity index (χ3v) is 7.20. The van der Waals surface area contributed by atoms with E-state index in [-0.39, 0.29) is 24.7 Å². The molecule has 5 heteroatoms. The van der Waals surface area contributed by atoms with Crippen molar-refractivity contribution < 1.29 is 19.4 Å². The number of rotatable bonds is 10. The van der Waals surface area contributed by atoms with Crippen molar-refractivity contribution in [3.05, 3.63) is 108 Å². The van der Waals surface area contributed by atoms with Crippen molar-refractivity contribution >= 4 is 16.7 Å². The number of hydrogen-bond donors (Lipinski definition) is 2. The highest BCUT2D eigenvalue weighted by Crippen LogP contribution is 2.41. The summed E-state index contributed by atoms with van der Waals surface area (Å²) in [5.41, 5.74) is 3.71. The van der Waals surface area contributed by atoms with Gasteiger partial charge in [0.1, 0.15) is 17.6 Å². The molecule has 0 saturated heterocycles. The number of hydrogen-bond acceptors (Lipinski definition) is 4. The zero-order valence-corrected chi connectivity index (χ0v) is 21.1. The molecular weight excluding hydrogens is 462 g/mol. The molecule has 5 rings (SSSR count). The molecule has 0 saturated carbocycles. The van der Waals surface area contributed by atoms with Crippen LogP contribution in [-0.2, 0) is 4.79 Å². The first-order valence-corrected chi connectivity index (χ1v) is 13.0. The number of ether oxygens (including phenoxy) is 2. The van der Waals surface area contributed by atoms with E-state index in [1.807, 2.05) is 30.3 Å². The summed E-state index contributed by atoms with van der Waals surface area (Å²) in [7, 11) is 0. The van der Waals surface area contributed by atoms with E-state index in [1.54, 1.807) is 0 Å². The average molecular weight is 496 g/mol. The first kappa shape index (κ1) is 24.8. The summed E-state index contributed by atoms with van der Waals surface area (Å²) in [6, 6.07) is 31.4. The molecule has 37 heavy (non-hydrogen) atoms. The molecule has 3 unspecified atom stereocenters. The van der Waals surface area contributed by atoms with E-state index in [0.717, 1.165) is 31.6 Å². The fourth-order valence-corrected chi connectivity index (χ4v) is 5.37. The number of fused-ring (bicyclic) bond motifs is 2. The van der Waals surface area contributed by atoms with Crippen molar-refractivity contribution in [1.82, 2.24) is 5.32 Å². The normalized spacial score (nSPS) is 17.5. The molecule has 4 aromatic rings. The highest BCUT2D eigenvalue weighted by molar-refractivity contribution is 5.86. The average Bonchev–Trinajstić information content (AvgIpc) is 2.94. The molecule has 1 aliphatic heterocycles. The molecule has 2 N–H and O–H groups in total. The predicted octanol–water partition coefficient (Wildman–Crippen LogP) is 6.72. The Hall–Kier alpha value is -3.83. The lowest BCUT2D eigenvalue weighted by atomic mass is 9.83. The number of para-hydroxylation sites is 1. The van der Waals surface area contributed by atoms with Gasteiger partial charge in [-0.15, -0.1) is 0 Å². The summed E-state index contributed by atoms with van der Waals surface area (Å²) < 4.78 is 11.8. The quantitative estimate of drug-likeness (QED) is 0.256. The van der Waals surface area contributed by atoms with Gasteiger partial charge in [-0.25, -0.2) is 4.79 Å².